The Morgan fingerprint density at radius 3 is 2.70 bits per heavy atom. The number of aliphatic imine (C=N–C) groups is 1. The predicted molar refractivity (Wildman–Crippen MR) is 120 cm³/mol. The van der Waals surface area contributed by atoms with Gasteiger partial charge in [-0.2, -0.15) is 0 Å². The zero-order chi connectivity index (χ0) is 21.0. The van der Waals surface area contributed by atoms with Gasteiger partial charge in [0.05, 0.1) is 12.7 Å². The van der Waals surface area contributed by atoms with Crippen molar-refractivity contribution in [1.29, 1.82) is 0 Å². The number of nitrogens with one attached hydrogen (secondary N) is 3. The Balaban J connectivity index is 1.37. The second kappa shape index (κ2) is 12.5. The van der Waals surface area contributed by atoms with E-state index < -0.39 is 0 Å². The lowest BCUT2D eigenvalue weighted by molar-refractivity contribution is -0.124. The molecule has 30 heavy (non-hydrogen) atoms. The minimum absolute atomic E-state index is 0.0660. The molecule has 1 atom stereocenters. The topological polar surface area (TPSA) is 84.0 Å². The van der Waals surface area contributed by atoms with Gasteiger partial charge in [-0.1, -0.05) is 37.8 Å². The van der Waals surface area contributed by atoms with Crippen LogP contribution in [-0.2, 0) is 20.8 Å². The Hall–Kier alpha value is -2.12. The van der Waals surface area contributed by atoms with Gasteiger partial charge in [-0.3, -0.25) is 9.79 Å². The van der Waals surface area contributed by atoms with Crippen LogP contribution in [-0.4, -0.2) is 50.9 Å². The summed E-state index contributed by atoms with van der Waals surface area (Å²) in [5, 5.41) is 9.57. The number of ether oxygens (including phenoxy) is 2. The first-order valence-electron chi connectivity index (χ1n) is 11.3. The molecule has 0 aromatic heterocycles. The van der Waals surface area contributed by atoms with Gasteiger partial charge >= 0.3 is 0 Å². The maximum atomic E-state index is 12.2. The molecule has 1 aromatic carbocycles. The summed E-state index contributed by atoms with van der Waals surface area (Å²) in [4.78, 5) is 16.5. The number of nitrogens with zero attached hydrogens (tertiary/aromatic N) is 1. The standard InChI is InChI=1S/C23H36N4O3/c1-24-23(25-13-15-29-20-10-4-2-3-5-11-20)26-17-18-8-6-9-19(16-18)27-22(28)21-12-7-14-30-21/h6,8-9,16,20-21H,2-5,7,10-15,17H2,1H3,(H,27,28)(H2,24,25,26). The zero-order valence-electron chi connectivity index (χ0n) is 18.1. The summed E-state index contributed by atoms with van der Waals surface area (Å²) < 4.78 is 11.5. The van der Waals surface area contributed by atoms with E-state index in [0.717, 1.165) is 36.6 Å². The molecule has 0 radical (unpaired) electrons. The number of carbonyl (C=O) groups is 1. The van der Waals surface area contributed by atoms with Gasteiger partial charge in [0.15, 0.2) is 5.96 Å². The molecule has 2 fully saturated rings. The third kappa shape index (κ3) is 7.61. The Kier molecular flexibility index (Phi) is 9.44. The number of benzene rings is 1. The highest BCUT2D eigenvalue weighted by Crippen LogP contribution is 2.19. The summed E-state index contributed by atoms with van der Waals surface area (Å²) in [5.41, 5.74) is 1.85. The summed E-state index contributed by atoms with van der Waals surface area (Å²) in [6.45, 7) is 2.70. The molecule has 3 rings (SSSR count). The van der Waals surface area contributed by atoms with E-state index in [4.69, 9.17) is 9.47 Å². The first-order chi connectivity index (χ1) is 14.7. The molecule has 1 aromatic rings. The van der Waals surface area contributed by atoms with Gasteiger partial charge in [0.2, 0.25) is 0 Å². The molecule has 1 aliphatic carbocycles. The average Bonchev–Trinajstić information content (AvgIpc) is 3.18. The van der Waals surface area contributed by atoms with Crippen LogP contribution >= 0.6 is 0 Å². The lowest BCUT2D eigenvalue weighted by Gasteiger charge is -2.17. The summed E-state index contributed by atoms with van der Waals surface area (Å²) in [5.74, 6) is 0.678. The van der Waals surface area contributed by atoms with Crippen LogP contribution in [0.4, 0.5) is 5.69 Å². The van der Waals surface area contributed by atoms with Crippen LogP contribution in [0.1, 0.15) is 56.9 Å². The van der Waals surface area contributed by atoms with E-state index >= 15 is 0 Å². The highest BCUT2D eigenvalue weighted by Gasteiger charge is 2.23. The summed E-state index contributed by atoms with van der Waals surface area (Å²) in [7, 11) is 1.76. The van der Waals surface area contributed by atoms with Crippen molar-refractivity contribution in [3.63, 3.8) is 0 Å². The predicted octanol–water partition coefficient (Wildman–Crippen LogP) is 3.21. The number of hydrogen-bond donors (Lipinski definition) is 3. The van der Waals surface area contributed by atoms with Crippen molar-refractivity contribution in [3.8, 4) is 0 Å². The summed E-state index contributed by atoms with van der Waals surface area (Å²) >= 11 is 0. The minimum atomic E-state index is -0.324. The van der Waals surface area contributed by atoms with Crippen molar-refractivity contribution >= 4 is 17.6 Å². The second-order valence-corrected chi connectivity index (χ2v) is 8.03. The Morgan fingerprint density at radius 2 is 1.97 bits per heavy atom. The van der Waals surface area contributed by atoms with E-state index in [1.807, 2.05) is 24.3 Å². The number of guanidine groups is 1. The van der Waals surface area contributed by atoms with E-state index in [-0.39, 0.29) is 12.0 Å². The molecular weight excluding hydrogens is 380 g/mol. The molecule has 1 heterocycles. The number of rotatable bonds is 8. The number of hydrogen-bond acceptors (Lipinski definition) is 4. The van der Waals surface area contributed by atoms with Gasteiger partial charge < -0.3 is 25.4 Å². The molecule has 166 valence electrons. The molecule has 0 spiro atoms. The smallest absolute Gasteiger partial charge is 0.253 e. The number of amides is 1. The molecule has 7 heteroatoms. The first kappa shape index (κ1) is 22.6. The van der Waals surface area contributed by atoms with Crippen molar-refractivity contribution in [1.82, 2.24) is 10.6 Å². The van der Waals surface area contributed by atoms with Crippen molar-refractivity contribution in [2.75, 3.05) is 32.1 Å². The molecule has 1 unspecified atom stereocenters. The third-order valence-corrected chi connectivity index (χ3v) is 5.65. The normalized spacial score (nSPS) is 20.6. The van der Waals surface area contributed by atoms with Crippen LogP contribution < -0.4 is 16.0 Å². The lowest BCUT2D eigenvalue weighted by atomic mass is 10.1. The van der Waals surface area contributed by atoms with Crippen LogP contribution in [0.5, 0.6) is 0 Å². The number of anilines is 1. The maximum absolute atomic E-state index is 12.2. The molecule has 1 amide bonds. The van der Waals surface area contributed by atoms with Gasteiger partial charge in [0.1, 0.15) is 6.10 Å². The lowest BCUT2D eigenvalue weighted by Crippen LogP contribution is -2.39. The quantitative estimate of drug-likeness (QED) is 0.262. The first-order valence-corrected chi connectivity index (χ1v) is 11.3. The average molecular weight is 417 g/mol. The molecule has 1 saturated carbocycles. The maximum Gasteiger partial charge on any atom is 0.253 e. The molecule has 1 saturated heterocycles. The van der Waals surface area contributed by atoms with Crippen molar-refractivity contribution in [3.05, 3.63) is 29.8 Å². The van der Waals surface area contributed by atoms with E-state index in [0.29, 0.717) is 25.9 Å². The van der Waals surface area contributed by atoms with E-state index in [9.17, 15) is 4.79 Å². The van der Waals surface area contributed by atoms with Gasteiger partial charge in [0, 0.05) is 32.4 Å². The van der Waals surface area contributed by atoms with Crippen LogP contribution in [0, 0.1) is 0 Å². The Labute approximate surface area is 180 Å². The third-order valence-electron chi connectivity index (χ3n) is 5.65. The van der Waals surface area contributed by atoms with Gasteiger partial charge in [-0.15, -0.1) is 0 Å². The molecule has 0 bridgehead atoms. The molecule has 1 aliphatic heterocycles. The summed E-state index contributed by atoms with van der Waals surface area (Å²) in [6, 6.07) is 7.84. The highest BCUT2D eigenvalue weighted by molar-refractivity contribution is 5.94. The van der Waals surface area contributed by atoms with E-state index in [1.54, 1.807) is 7.05 Å². The molecule has 2 aliphatic rings. The fourth-order valence-corrected chi connectivity index (χ4v) is 3.98. The van der Waals surface area contributed by atoms with Crippen molar-refractivity contribution in [2.24, 2.45) is 4.99 Å². The van der Waals surface area contributed by atoms with Gasteiger partial charge in [0.25, 0.3) is 5.91 Å². The zero-order valence-corrected chi connectivity index (χ0v) is 18.1. The van der Waals surface area contributed by atoms with Crippen molar-refractivity contribution < 1.29 is 14.3 Å². The van der Waals surface area contributed by atoms with E-state index in [1.165, 1.54) is 38.5 Å². The Morgan fingerprint density at radius 1 is 1.13 bits per heavy atom. The molecular formula is C23H36N4O3. The summed E-state index contributed by atoms with van der Waals surface area (Å²) in [6.07, 6.45) is 9.45. The van der Waals surface area contributed by atoms with Gasteiger partial charge in [-0.05, 0) is 43.4 Å². The minimum Gasteiger partial charge on any atom is -0.376 e. The van der Waals surface area contributed by atoms with Crippen molar-refractivity contribution in [2.45, 2.75) is 70.1 Å². The highest BCUT2D eigenvalue weighted by atomic mass is 16.5. The molecule has 7 nitrogen and oxygen atoms in total. The van der Waals surface area contributed by atoms with Crippen LogP contribution in [0.3, 0.4) is 0 Å². The van der Waals surface area contributed by atoms with Crippen LogP contribution in [0.15, 0.2) is 29.3 Å². The van der Waals surface area contributed by atoms with E-state index in [2.05, 4.69) is 20.9 Å². The fraction of sp³-hybridized carbons (Fsp3) is 0.652. The number of carbonyl (C=O) groups excluding carboxylic acids is 1. The largest absolute Gasteiger partial charge is 0.376 e. The monoisotopic (exact) mass is 416 g/mol. The SMILES string of the molecule is CN=C(NCCOC1CCCCCC1)NCc1cccc(NC(=O)C2CCCO2)c1. The van der Waals surface area contributed by atoms with Crippen LogP contribution in [0.25, 0.3) is 0 Å². The fourth-order valence-electron chi connectivity index (χ4n) is 3.98. The van der Waals surface area contributed by atoms with Gasteiger partial charge in [-0.25, -0.2) is 0 Å². The van der Waals surface area contributed by atoms with Crippen LogP contribution in [0.2, 0.25) is 0 Å². The molecule has 3 N–H and O–H groups in total. The Bertz CT molecular complexity index is 681. The second-order valence-electron chi connectivity index (χ2n) is 8.03.